The molecule has 0 aliphatic rings. The van der Waals surface area contributed by atoms with Gasteiger partial charge in [0.25, 0.3) is 0 Å². The quantitative estimate of drug-likeness (QED) is 0.628. The van der Waals surface area contributed by atoms with Crippen molar-refractivity contribution in [2.24, 2.45) is 0 Å². The zero-order chi connectivity index (χ0) is 11.9. The van der Waals surface area contributed by atoms with E-state index < -0.39 is 5.97 Å². The lowest BCUT2D eigenvalue weighted by atomic mass is 10.0. The second-order valence-corrected chi connectivity index (χ2v) is 4.88. The van der Waals surface area contributed by atoms with Gasteiger partial charge in [-0.25, -0.2) is 4.79 Å². The summed E-state index contributed by atoms with van der Waals surface area (Å²) in [5, 5.41) is 11.8. The minimum atomic E-state index is -0.926. The average molecular weight is 231 g/mol. The molecular formula is C11H21NO2S. The van der Waals surface area contributed by atoms with Crippen molar-refractivity contribution in [2.45, 2.75) is 31.4 Å². The van der Waals surface area contributed by atoms with Crippen molar-refractivity contribution in [3.05, 3.63) is 12.2 Å². The minimum Gasteiger partial charge on any atom is -0.478 e. The van der Waals surface area contributed by atoms with Crippen molar-refractivity contribution in [3.63, 3.8) is 0 Å². The first-order valence-corrected chi connectivity index (χ1v) is 6.40. The summed E-state index contributed by atoms with van der Waals surface area (Å²) in [7, 11) is 0. The van der Waals surface area contributed by atoms with Gasteiger partial charge in [0, 0.05) is 23.4 Å². The summed E-state index contributed by atoms with van der Waals surface area (Å²) in [5.74, 6) is -0.926. The van der Waals surface area contributed by atoms with Gasteiger partial charge in [-0.2, -0.15) is 11.8 Å². The third-order valence-electron chi connectivity index (χ3n) is 2.81. The van der Waals surface area contributed by atoms with Crippen LogP contribution in [0.2, 0.25) is 0 Å². The normalized spacial score (nSPS) is 11.4. The van der Waals surface area contributed by atoms with Crippen LogP contribution < -0.4 is 5.32 Å². The van der Waals surface area contributed by atoms with Gasteiger partial charge in [-0.15, -0.1) is 0 Å². The van der Waals surface area contributed by atoms with Crippen LogP contribution >= 0.6 is 11.8 Å². The standard InChI is InChI=1S/C11H21NO2S/c1-5-11(6-2,15-4)8-12-7-9(3)10(13)14/h12H,3,5-8H2,1-2,4H3,(H,13,14). The largest absolute Gasteiger partial charge is 0.478 e. The molecule has 0 atom stereocenters. The van der Waals surface area contributed by atoms with E-state index in [4.69, 9.17) is 5.11 Å². The highest BCUT2D eigenvalue weighted by molar-refractivity contribution is 8.00. The number of carboxylic acids is 1. The van der Waals surface area contributed by atoms with Crippen LogP contribution in [0.15, 0.2) is 12.2 Å². The molecule has 0 radical (unpaired) electrons. The first kappa shape index (κ1) is 14.5. The molecule has 0 saturated carbocycles. The summed E-state index contributed by atoms with van der Waals surface area (Å²) in [5.41, 5.74) is 0.220. The van der Waals surface area contributed by atoms with Crippen LogP contribution in [0.3, 0.4) is 0 Å². The highest BCUT2D eigenvalue weighted by atomic mass is 32.2. The Kier molecular flexibility index (Phi) is 6.68. The molecule has 0 spiro atoms. The maximum Gasteiger partial charge on any atom is 0.332 e. The third-order valence-corrected chi connectivity index (χ3v) is 4.40. The summed E-state index contributed by atoms with van der Waals surface area (Å²) in [4.78, 5) is 10.5. The van der Waals surface area contributed by atoms with Crippen molar-refractivity contribution in [2.75, 3.05) is 19.3 Å². The number of carboxylic acid groups (broad SMARTS) is 1. The zero-order valence-electron chi connectivity index (χ0n) is 9.80. The molecule has 0 aliphatic carbocycles. The van der Waals surface area contributed by atoms with Gasteiger partial charge < -0.3 is 10.4 Å². The Hall–Kier alpha value is -0.480. The van der Waals surface area contributed by atoms with E-state index in [0.29, 0.717) is 6.54 Å². The molecule has 0 unspecified atom stereocenters. The zero-order valence-corrected chi connectivity index (χ0v) is 10.6. The van der Waals surface area contributed by atoms with Gasteiger partial charge in [-0.05, 0) is 19.1 Å². The van der Waals surface area contributed by atoms with Crippen molar-refractivity contribution in [1.82, 2.24) is 5.32 Å². The fourth-order valence-corrected chi connectivity index (χ4v) is 2.20. The van der Waals surface area contributed by atoms with Gasteiger partial charge in [0.2, 0.25) is 0 Å². The lowest BCUT2D eigenvalue weighted by Gasteiger charge is -2.30. The number of thioether (sulfide) groups is 1. The fourth-order valence-electron chi connectivity index (χ4n) is 1.38. The third kappa shape index (κ3) is 4.71. The van der Waals surface area contributed by atoms with Crippen LogP contribution in [0.25, 0.3) is 0 Å². The van der Waals surface area contributed by atoms with Gasteiger partial charge in [-0.1, -0.05) is 20.4 Å². The average Bonchev–Trinajstić information content (AvgIpc) is 2.24. The van der Waals surface area contributed by atoms with Crippen molar-refractivity contribution in [3.8, 4) is 0 Å². The number of nitrogens with one attached hydrogen (secondary N) is 1. The van der Waals surface area contributed by atoms with E-state index in [-0.39, 0.29) is 10.3 Å². The van der Waals surface area contributed by atoms with Crippen LogP contribution in [0.5, 0.6) is 0 Å². The first-order chi connectivity index (χ1) is 7.01. The van der Waals surface area contributed by atoms with Gasteiger partial charge in [0.15, 0.2) is 0 Å². The highest BCUT2D eigenvalue weighted by Gasteiger charge is 2.24. The molecule has 0 aromatic carbocycles. The molecule has 0 aromatic rings. The lowest BCUT2D eigenvalue weighted by molar-refractivity contribution is -0.132. The molecule has 0 rings (SSSR count). The first-order valence-electron chi connectivity index (χ1n) is 5.18. The SMILES string of the molecule is C=C(CNCC(CC)(CC)SC)C(=O)O. The fraction of sp³-hybridized carbons (Fsp3) is 0.727. The predicted octanol–water partition coefficient (Wildman–Crippen LogP) is 2.14. The van der Waals surface area contributed by atoms with Crippen LogP contribution in [0, 0.1) is 0 Å². The van der Waals surface area contributed by atoms with E-state index in [9.17, 15) is 4.79 Å². The minimum absolute atomic E-state index is 0.220. The molecule has 0 bridgehead atoms. The van der Waals surface area contributed by atoms with Gasteiger partial charge >= 0.3 is 5.97 Å². The van der Waals surface area contributed by atoms with Crippen molar-refractivity contribution >= 4 is 17.7 Å². The van der Waals surface area contributed by atoms with Crippen LogP contribution in [0.4, 0.5) is 0 Å². The lowest BCUT2D eigenvalue weighted by Crippen LogP contribution is -2.37. The molecule has 2 N–H and O–H groups in total. The Labute approximate surface area is 96.3 Å². The van der Waals surface area contributed by atoms with E-state index in [2.05, 4.69) is 32.0 Å². The van der Waals surface area contributed by atoms with Crippen molar-refractivity contribution < 1.29 is 9.90 Å². The van der Waals surface area contributed by atoms with Gasteiger partial charge in [-0.3, -0.25) is 0 Å². The monoisotopic (exact) mass is 231 g/mol. The summed E-state index contributed by atoms with van der Waals surface area (Å²) < 4.78 is 0.221. The van der Waals surface area contributed by atoms with Crippen LogP contribution in [-0.2, 0) is 4.79 Å². The number of rotatable bonds is 8. The number of hydrogen-bond donors (Lipinski definition) is 2. The second kappa shape index (κ2) is 6.90. The summed E-state index contributed by atoms with van der Waals surface area (Å²) in [6, 6.07) is 0. The second-order valence-electron chi connectivity index (χ2n) is 3.61. The summed E-state index contributed by atoms with van der Waals surface area (Å²) >= 11 is 1.84. The Morgan fingerprint density at radius 1 is 1.47 bits per heavy atom. The molecule has 0 amide bonds. The summed E-state index contributed by atoms with van der Waals surface area (Å²) in [6.45, 7) is 8.99. The maximum atomic E-state index is 10.5. The predicted molar refractivity (Wildman–Crippen MR) is 66.5 cm³/mol. The highest BCUT2D eigenvalue weighted by Crippen LogP contribution is 2.29. The topological polar surface area (TPSA) is 49.3 Å². The van der Waals surface area contributed by atoms with E-state index in [1.807, 2.05) is 11.8 Å². The molecule has 0 heterocycles. The smallest absolute Gasteiger partial charge is 0.332 e. The molecule has 15 heavy (non-hydrogen) atoms. The number of hydrogen-bond acceptors (Lipinski definition) is 3. The Bertz CT molecular complexity index is 216. The molecular weight excluding hydrogens is 210 g/mol. The van der Waals surface area contributed by atoms with Gasteiger partial charge in [0.05, 0.1) is 0 Å². The van der Waals surface area contributed by atoms with E-state index in [1.54, 1.807) is 0 Å². The Balaban J connectivity index is 4.02. The molecule has 0 aliphatic heterocycles. The Morgan fingerprint density at radius 3 is 2.33 bits per heavy atom. The van der Waals surface area contributed by atoms with Crippen LogP contribution in [0.1, 0.15) is 26.7 Å². The van der Waals surface area contributed by atoms with Gasteiger partial charge in [0.1, 0.15) is 0 Å². The van der Waals surface area contributed by atoms with Crippen molar-refractivity contribution in [1.29, 1.82) is 0 Å². The summed E-state index contributed by atoms with van der Waals surface area (Å²) in [6.07, 6.45) is 4.26. The molecule has 88 valence electrons. The van der Waals surface area contributed by atoms with E-state index >= 15 is 0 Å². The maximum absolute atomic E-state index is 10.5. The number of carbonyl (C=O) groups is 1. The van der Waals surface area contributed by atoms with E-state index in [0.717, 1.165) is 19.4 Å². The molecule has 0 aromatic heterocycles. The molecule has 3 nitrogen and oxygen atoms in total. The Morgan fingerprint density at radius 2 is 2.00 bits per heavy atom. The molecule has 0 fully saturated rings. The number of aliphatic carboxylic acids is 1. The molecule has 4 heteroatoms. The van der Waals surface area contributed by atoms with E-state index in [1.165, 1.54) is 0 Å². The van der Waals surface area contributed by atoms with Crippen LogP contribution in [-0.4, -0.2) is 35.2 Å². The molecule has 0 saturated heterocycles.